The fourth-order valence-electron chi connectivity index (χ4n) is 1.66. The predicted octanol–water partition coefficient (Wildman–Crippen LogP) is 4.24. The third kappa shape index (κ3) is 5.00. The zero-order valence-corrected chi connectivity index (χ0v) is 13.5. The van der Waals surface area contributed by atoms with Crippen LogP contribution in [0, 0.1) is 5.82 Å². The predicted molar refractivity (Wildman–Crippen MR) is 85.7 cm³/mol. The van der Waals surface area contributed by atoms with E-state index < -0.39 is 17.5 Å². The third-order valence-corrected chi connectivity index (χ3v) is 3.33. The highest BCUT2D eigenvalue weighted by molar-refractivity contribution is 7.09. The maximum atomic E-state index is 13.8. The Hall–Kier alpha value is -2.15. The summed E-state index contributed by atoms with van der Waals surface area (Å²) in [5, 5.41) is 5.56. The van der Waals surface area contributed by atoms with Crippen LogP contribution in [0.5, 0.6) is 0 Å². The summed E-state index contributed by atoms with van der Waals surface area (Å²) in [6, 6.07) is 4.43. The van der Waals surface area contributed by atoms with Gasteiger partial charge in [0.1, 0.15) is 11.4 Å². The minimum absolute atomic E-state index is 0.0727. The number of thiazole rings is 1. The monoisotopic (exact) mass is 323 g/mol. The van der Waals surface area contributed by atoms with Crippen LogP contribution >= 0.6 is 11.3 Å². The number of hydrogen-bond acceptors (Lipinski definition) is 5. The van der Waals surface area contributed by atoms with Gasteiger partial charge in [-0.15, -0.1) is 11.3 Å². The van der Waals surface area contributed by atoms with Crippen LogP contribution in [0.15, 0.2) is 29.9 Å². The Morgan fingerprint density at radius 1 is 1.41 bits per heavy atom. The van der Waals surface area contributed by atoms with Gasteiger partial charge in [-0.05, 0) is 39.0 Å². The van der Waals surface area contributed by atoms with Crippen LogP contribution in [-0.4, -0.2) is 16.7 Å². The van der Waals surface area contributed by atoms with E-state index in [1.807, 2.05) is 0 Å². The normalized spacial score (nSPS) is 11.1. The molecule has 0 atom stereocenters. The largest absolute Gasteiger partial charge is 0.444 e. The third-order valence-electron chi connectivity index (χ3n) is 2.55. The summed E-state index contributed by atoms with van der Waals surface area (Å²) < 4.78 is 18.9. The highest BCUT2D eigenvalue weighted by atomic mass is 32.1. The number of hydrogen-bond donors (Lipinski definition) is 2. The van der Waals surface area contributed by atoms with Gasteiger partial charge in [-0.2, -0.15) is 0 Å². The van der Waals surface area contributed by atoms with Crippen molar-refractivity contribution in [1.29, 1.82) is 0 Å². The second-order valence-corrected chi connectivity index (χ2v) is 6.61. The molecule has 0 radical (unpaired) electrons. The number of carbonyl (C=O) groups excluding carboxylic acids is 1. The Morgan fingerprint density at radius 3 is 2.82 bits per heavy atom. The molecule has 1 aromatic heterocycles. The van der Waals surface area contributed by atoms with Crippen molar-refractivity contribution in [1.82, 2.24) is 4.98 Å². The summed E-state index contributed by atoms with van der Waals surface area (Å²) in [6.07, 6.45) is 1.08. The van der Waals surface area contributed by atoms with Crippen LogP contribution in [0.3, 0.4) is 0 Å². The number of carbonyl (C=O) groups is 1. The van der Waals surface area contributed by atoms with Crippen molar-refractivity contribution in [3.63, 3.8) is 0 Å². The van der Waals surface area contributed by atoms with Gasteiger partial charge < -0.3 is 10.1 Å². The number of halogens is 1. The Labute approximate surface area is 132 Å². The molecule has 1 heterocycles. The Bertz CT molecular complexity index is 639. The number of amides is 1. The molecule has 7 heteroatoms. The SMILES string of the molecule is CC(C)(C)OC(=O)Nc1cc(NCc2cncs2)ccc1F. The molecule has 118 valence electrons. The van der Waals surface area contributed by atoms with E-state index in [1.165, 1.54) is 23.5 Å². The number of ether oxygens (including phenoxy) is 1. The molecule has 0 saturated carbocycles. The molecular formula is C15H18FN3O2S. The lowest BCUT2D eigenvalue weighted by atomic mass is 10.2. The molecule has 0 saturated heterocycles. The van der Waals surface area contributed by atoms with E-state index in [0.29, 0.717) is 12.2 Å². The number of benzene rings is 1. The van der Waals surface area contributed by atoms with Crippen molar-refractivity contribution in [2.45, 2.75) is 32.9 Å². The van der Waals surface area contributed by atoms with Crippen LogP contribution in [0.25, 0.3) is 0 Å². The highest BCUT2D eigenvalue weighted by Gasteiger charge is 2.17. The molecule has 5 nitrogen and oxygen atoms in total. The lowest BCUT2D eigenvalue weighted by molar-refractivity contribution is 0.0635. The van der Waals surface area contributed by atoms with Crippen molar-refractivity contribution in [2.75, 3.05) is 10.6 Å². The average Bonchev–Trinajstić information content (AvgIpc) is 2.90. The van der Waals surface area contributed by atoms with Crippen LogP contribution in [0.1, 0.15) is 25.6 Å². The summed E-state index contributed by atoms with van der Waals surface area (Å²) in [5.74, 6) is -0.519. The fraction of sp³-hybridized carbons (Fsp3) is 0.333. The molecule has 2 aromatic rings. The van der Waals surface area contributed by atoms with Gasteiger partial charge >= 0.3 is 6.09 Å². The molecule has 1 amide bonds. The van der Waals surface area contributed by atoms with Crippen molar-refractivity contribution < 1.29 is 13.9 Å². The maximum absolute atomic E-state index is 13.8. The molecule has 0 bridgehead atoms. The molecule has 2 rings (SSSR count). The lowest BCUT2D eigenvalue weighted by Gasteiger charge is -2.20. The number of nitrogens with zero attached hydrogens (tertiary/aromatic N) is 1. The first-order valence-corrected chi connectivity index (χ1v) is 7.62. The van der Waals surface area contributed by atoms with Crippen molar-refractivity contribution >= 4 is 28.8 Å². The molecule has 0 aliphatic heterocycles. The van der Waals surface area contributed by atoms with E-state index in [1.54, 1.807) is 38.5 Å². The van der Waals surface area contributed by atoms with E-state index in [4.69, 9.17) is 4.74 Å². The lowest BCUT2D eigenvalue weighted by Crippen LogP contribution is -2.27. The number of aromatic nitrogens is 1. The molecule has 0 aliphatic carbocycles. The first-order valence-electron chi connectivity index (χ1n) is 6.74. The Balaban J connectivity index is 2.01. The Kier molecular flexibility index (Phi) is 4.97. The van der Waals surface area contributed by atoms with Crippen molar-refractivity contribution in [3.05, 3.63) is 40.6 Å². The highest BCUT2D eigenvalue weighted by Crippen LogP contribution is 2.21. The molecule has 2 N–H and O–H groups in total. The van der Waals surface area contributed by atoms with Crippen molar-refractivity contribution in [3.8, 4) is 0 Å². The van der Waals surface area contributed by atoms with Gasteiger partial charge in [-0.1, -0.05) is 0 Å². The van der Waals surface area contributed by atoms with Crippen LogP contribution < -0.4 is 10.6 Å². The zero-order chi connectivity index (χ0) is 16.2. The zero-order valence-electron chi connectivity index (χ0n) is 12.6. The van der Waals surface area contributed by atoms with E-state index >= 15 is 0 Å². The summed E-state index contributed by atoms with van der Waals surface area (Å²) in [6.45, 7) is 5.82. The summed E-state index contributed by atoms with van der Waals surface area (Å²) in [7, 11) is 0. The maximum Gasteiger partial charge on any atom is 0.412 e. The summed E-state index contributed by atoms with van der Waals surface area (Å²) in [5.41, 5.74) is 1.88. The second kappa shape index (κ2) is 6.74. The quantitative estimate of drug-likeness (QED) is 0.883. The van der Waals surface area contributed by atoms with Crippen LogP contribution in [0.4, 0.5) is 20.6 Å². The van der Waals surface area contributed by atoms with E-state index in [0.717, 1.165) is 4.88 Å². The minimum atomic E-state index is -0.689. The first kappa shape index (κ1) is 16.2. The van der Waals surface area contributed by atoms with Gasteiger partial charge in [0.15, 0.2) is 0 Å². The summed E-state index contributed by atoms with van der Waals surface area (Å²) >= 11 is 1.53. The Morgan fingerprint density at radius 2 is 2.18 bits per heavy atom. The van der Waals surface area contributed by atoms with E-state index in [9.17, 15) is 9.18 Å². The fourth-order valence-corrected chi connectivity index (χ4v) is 2.20. The molecule has 0 unspecified atom stereocenters. The molecule has 22 heavy (non-hydrogen) atoms. The smallest absolute Gasteiger partial charge is 0.412 e. The summed E-state index contributed by atoms with van der Waals surface area (Å²) in [4.78, 5) is 16.8. The van der Waals surface area contributed by atoms with Crippen LogP contribution in [-0.2, 0) is 11.3 Å². The average molecular weight is 323 g/mol. The minimum Gasteiger partial charge on any atom is -0.444 e. The van der Waals surface area contributed by atoms with E-state index in [2.05, 4.69) is 15.6 Å². The van der Waals surface area contributed by atoms with Gasteiger partial charge in [0.05, 0.1) is 17.7 Å². The number of rotatable bonds is 4. The topological polar surface area (TPSA) is 63.2 Å². The van der Waals surface area contributed by atoms with E-state index in [-0.39, 0.29) is 5.69 Å². The van der Waals surface area contributed by atoms with Crippen LogP contribution in [0.2, 0.25) is 0 Å². The molecule has 0 aliphatic rings. The van der Waals surface area contributed by atoms with Gasteiger partial charge in [0.2, 0.25) is 0 Å². The number of anilines is 2. The van der Waals surface area contributed by atoms with Crippen molar-refractivity contribution in [2.24, 2.45) is 0 Å². The van der Waals surface area contributed by atoms with Gasteiger partial charge in [0, 0.05) is 16.8 Å². The van der Waals surface area contributed by atoms with Gasteiger partial charge in [-0.3, -0.25) is 10.3 Å². The van der Waals surface area contributed by atoms with Gasteiger partial charge in [-0.25, -0.2) is 9.18 Å². The standard InChI is InChI=1S/C15H18FN3O2S/c1-15(2,3)21-14(20)19-13-6-10(4-5-12(13)16)18-8-11-7-17-9-22-11/h4-7,9,18H,8H2,1-3H3,(H,19,20). The van der Waals surface area contributed by atoms with Gasteiger partial charge in [0.25, 0.3) is 0 Å². The molecule has 1 aromatic carbocycles. The number of nitrogens with one attached hydrogen (secondary N) is 2. The second-order valence-electron chi connectivity index (χ2n) is 5.64. The molecule has 0 spiro atoms. The molecular weight excluding hydrogens is 305 g/mol. The molecule has 0 fully saturated rings. The first-order chi connectivity index (χ1) is 10.3.